The van der Waals surface area contributed by atoms with Gasteiger partial charge in [0.1, 0.15) is 10.6 Å². The van der Waals surface area contributed by atoms with E-state index in [0.29, 0.717) is 5.01 Å². The van der Waals surface area contributed by atoms with Gasteiger partial charge < -0.3 is 5.73 Å². The van der Waals surface area contributed by atoms with Crippen molar-refractivity contribution in [2.75, 3.05) is 5.73 Å². The summed E-state index contributed by atoms with van der Waals surface area (Å²) < 4.78 is 22.6. The third-order valence-electron chi connectivity index (χ3n) is 1.72. The van der Waals surface area contributed by atoms with Crippen molar-refractivity contribution in [2.24, 2.45) is 5.14 Å². The van der Waals surface area contributed by atoms with Gasteiger partial charge in [-0.05, 0) is 12.1 Å². The minimum Gasteiger partial charge on any atom is -0.374 e. The summed E-state index contributed by atoms with van der Waals surface area (Å²) in [5.41, 5.74) is 5.58. The van der Waals surface area contributed by atoms with Gasteiger partial charge in [0.2, 0.25) is 15.2 Å². The fraction of sp³-hybridized carbons (Fsp3) is 0. The smallest absolute Gasteiger partial charge is 0.240 e. The highest BCUT2D eigenvalue weighted by Gasteiger charge is 2.18. The van der Waals surface area contributed by atoms with Crippen LogP contribution in [0.1, 0.15) is 0 Å². The predicted molar refractivity (Wildman–Crippen MR) is 58.9 cm³/mol. The van der Waals surface area contributed by atoms with E-state index in [1.54, 1.807) is 0 Å². The zero-order chi connectivity index (χ0) is 11.8. The quantitative estimate of drug-likeness (QED) is 0.769. The zero-order valence-electron chi connectivity index (χ0n) is 7.86. The molecule has 0 spiro atoms. The average molecular weight is 257 g/mol. The third-order valence-corrected chi connectivity index (χ3v) is 3.42. The molecule has 2 aromatic heterocycles. The Labute approximate surface area is 95.2 Å². The van der Waals surface area contributed by atoms with Crippen LogP contribution in [-0.2, 0) is 10.0 Å². The van der Waals surface area contributed by atoms with Gasteiger partial charge in [-0.3, -0.25) is 4.98 Å². The van der Waals surface area contributed by atoms with E-state index in [2.05, 4.69) is 15.2 Å². The van der Waals surface area contributed by atoms with Crippen LogP contribution >= 0.6 is 11.3 Å². The number of aromatic nitrogens is 3. The molecule has 0 saturated heterocycles. The Kier molecular flexibility index (Phi) is 2.58. The van der Waals surface area contributed by atoms with E-state index < -0.39 is 10.0 Å². The first-order valence-electron chi connectivity index (χ1n) is 4.05. The molecule has 2 rings (SSSR count). The third kappa shape index (κ3) is 2.01. The Morgan fingerprint density at radius 2 is 2.06 bits per heavy atom. The Morgan fingerprint density at radius 1 is 1.31 bits per heavy atom. The molecule has 4 N–H and O–H groups in total. The standard InChI is InChI=1S/C7H7N5O2S2/c8-7-12-11-6(15-7)5-4(16(9,13)14)2-1-3-10-5/h1-3H,(H2,8,12)(H2,9,13,14). The van der Waals surface area contributed by atoms with Crippen LogP contribution in [0.5, 0.6) is 0 Å². The molecule has 0 aliphatic rings. The Bertz CT molecular complexity index is 621. The molecule has 0 fully saturated rings. The maximum Gasteiger partial charge on any atom is 0.240 e. The second kappa shape index (κ2) is 3.77. The predicted octanol–water partition coefficient (Wildman–Crippen LogP) is -0.170. The number of nitrogen functional groups attached to an aromatic ring is 1. The highest BCUT2D eigenvalue weighted by molar-refractivity contribution is 7.89. The number of sulfonamides is 1. The van der Waals surface area contributed by atoms with Gasteiger partial charge in [-0.15, -0.1) is 10.2 Å². The fourth-order valence-electron chi connectivity index (χ4n) is 1.11. The molecule has 16 heavy (non-hydrogen) atoms. The monoisotopic (exact) mass is 257 g/mol. The first-order valence-corrected chi connectivity index (χ1v) is 6.42. The summed E-state index contributed by atoms with van der Waals surface area (Å²) in [6, 6.07) is 2.84. The van der Waals surface area contributed by atoms with Crippen molar-refractivity contribution in [3.63, 3.8) is 0 Å². The molecule has 0 radical (unpaired) electrons. The first-order chi connectivity index (χ1) is 7.48. The SMILES string of the molecule is Nc1nnc(-c2ncccc2S(N)(=O)=O)s1. The fourth-order valence-corrected chi connectivity index (χ4v) is 2.48. The van der Waals surface area contributed by atoms with Crippen LogP contribution in [0.4, 0.5) is 5.13 Å². The molecule has 0 saturated carbocycles. The van der Waals surface area contributed by atoms with E-state index in [9.17, 15) is 8.42 Å². The number of hydrogen-bond donors (Lipinski definition) is 2. The van der Waals surface area contributed by atoms with Crippen LogP contribution in [0.25, 0.3) is 10.7 Å². The molecule has 0 unspecified atom stereocenters. The number of nitrogens with two attached hydrogens (primary N) is 2. The van der Waals surface area contributed by atoms with Crippen molar-refractivity contribution >= 4 is 26.5 Å². The van der Waals surface area contributed by atoms with Crippen LogP contribution in [-0.4, -0.2) is 23.6 Å². The number of anilines is 1. The first kappa shape index (κ1) is 10.9. The summed E-state index contributed by atoms with van der Waals surface area (Å²) in [5.74, 6) is 0. The molecule has 9 heteroatoms. The van der Waals surface area contributed by atoms with Gasteiger partial charge in [0, 0.05) is 6.20 Å². The van der Waals surface area contributed by atoms with Crippen molar-refractivity contribution in [3.8, 4) is 10.7 Å². The summed E-state index contributed by atoms with van der Waals surface area (Å²) in [6.45, 7) is 0. The van der Waals surface area contributed by atoms with Gasteiger partial charge in [0.05, 0.1) is 0 Å². The molecule has 2 heterocycles. The van der Waals surface area contributed by atoms with E-state index >= 15 is 0 Å². The Balaban J connectivity index is 2.66. The van der Waals surface area contributed by atoms with Gasteiger partial charge in [0.25, 0.3) is 0 Å². The van der Waals surface area contributed by atoms with E-state index in [4.69, 9.17) is 10.9 Å². The number of nitrogens with zero attached hydrogens (tertiary/aromatic N) is 3. The number of hydrogen-bond acceptors (Lipinski definition) is 7. The van der Waals surface area contributed by atoms with E-state index in [1.165, 1.54) is 18.3 Å². The lowest BCUT2D eigenvalue weighted by molar-refractivity contribution is 0.597. The summed E-state index contributed by atoms with van der Waals surface area (Å²) in [6.07, 6.45) is 1.45. The van der Waals surface area contributed by atoms with E-state index in [0.717, 1.165) is 11.3 Å². The molecular weight excluding hydrogens is 250 g/mol. The number of rotatable bonds is 2. The average Bonchev–Trinajstić information content (AvgIpc) is 2.64. The van der Waals surface area contributed by atoms with Crippen LogP contribution in [0.15, 0.2) is 23.2 Å². The molecule has 0 atom stereocenters. The van der Waals surface area contributed by atoms with Crippen LogP contribution in [0, 0.1) is 0 Å². The minimum atomic E-state index is -3.84. The summed E-state index contributed by atoms with van der Waals surface area (Å²) in [5, 5.41) is 12.9. The molecular formula is C7H7N5O2S2. The maximum absolute atomic E-state index is 11.3. The highest BCUT2D eigenvalue weighted by Crippen LogP contribution is 2.27. The van der Waals surface area contributed by atoms with Crippen molar-refractivity contribution in [3.05, 3.63) is 18.3 Å². The lowest BCUT2D eigenvalue weighted by atomic mass is 10.4. The Hall–Kier alpha value is -1.58. The van der Waals surface area contributed by atoms with Crippen LogP contribution in [0.2, 0.25) is 0 Å². The summed E-state index contributed by atoms with van der Waals surface area (Å²) in [7, 11) is -3.84. The molecule has 84 valence electrons. The van der Waals surface area contributed by atoms with Gasteiger partial charge >= 0.3 is 0 Å². The number of pyridine rings is 1. The number of primary sulfonamides is 1. The molecule has 0 aliphatic heterocycles. The van der Waals surface area contributed by atoms with Gasteiger partial charge in [-0.1, -0.05) is 11.3 Å². The normalized spacial score (nSPS) is 11.6. The molecule has 2 aromatic rings. The second-order valence-corrected chi connectivity index (χ2v) is 5.38. The van der Waals surface area contributed by atoms with E-state index in [-0.39, 0.29) is 15.7 Å². The minimum absolute atomic E-state index is 0.0915. The van der Waals surface area contributed by atoms with Crippen molar-refractivity contribution < 1.29 is 8.42 Å². The summed E-state index contributed by atoms with van der Waals surface area (Å²) >= 11 is 1.04. The van der Waals surface area contributed by atoms with E-state index in [1.807, 2.05) is 0 Å². The van der Waals surface area contributed by atoms with Gasteiger partial charge in [-0.2, -0.15) is 0 Å². The van der Waals surface area contributed by atoms with Crippen molar-refractivity contribution in [1.82, 2.24) is 15.2 Å². The molecule has 0 aliphatic carbocycles. The summed E-state index contributed by atoms with van der Waals surface area (Å²) in [4.78, 5) is 3.83. The molecule has 0 amide bonds. The van der Waals surface area contributed by atoms with Gasteiger partial charge in [0.15, 0.2) is 5.01 Å². The molecule has 0 aromatic carbocycles. The topological polar surface area (TPSA) is 125 Å². The zero-order valence-corrected chi connectivity index (χ0v) is 9.49. The lowest BCUT2D eigenvalue weighted by Gasteiger charge is -2.01. The van der Waals surface area contributed by atoms with Crippen LogP contribution < -0.4 is 10.9 Å². The molecule has 0 bridgehead atoms. The maximum atomic E-state index is 11.3. The highest BCUT2D eigenvalue weighted by atomic mass is 32.2. The van der Waals surface area contributed by atoms with Crippen molar-refractivity contribution in [1.29, 1.82) is 0 Å². The molecule has 7 nitrogen and oxygen atoms in total. The Morgan fingerprint density at radius 3 is 2.62 bits per heavy atom. The van der Waals surface area contributed by atoms with Crippen LogP contribution in [0.3, 0.4) is 0 Å². The second-order valence-electron chi connectivity index (χ2n) is 2.84. The van der Waals surface area contributed by atoms with Gasteiger partial charge in [-0.25, -0.2) is 13.6 Å². The largest absolute Gasteiger partial charge is 0.374 e. The lowest BCUT2D eigenvalue weighted by Crippen LogP contribution is -2.13. The van der Waals surface area contributed by atoms with Crippen molar-refractivity contribution in [2.45, 2.75) is 4.90 Å².